The van der Waals surface area contributed by atoms with Gasteiger partial charge in [-0.05, 0) is 55.3 Å². The highest BCUT2D eigenvalue weighted by Crippen LogP contribution is 2.33. The first kappa shape index (κ1) is 24.1. The number of hydrogen-bond acceptors (Lipinski definition) is 6. The normalized spacial score (nSPS) is 18.4. The van der Waals surface area contributed by atoms with Crippen molar-refractivity contribution in [3.8, 4) is 11.3 Å². The van der Waals surface area contributed by atoms with Crippen LogP contribution in [0.4, 0.5) is 30.5 Å². The number of amides is 1. The minimum absolute atomic E-state index is 0.0556. The Morgan fingerprint density at radius 3 is 2.39 bits per heavy atom. The average Bonchev–Trinajstić information content (AvgIpc) is 3.41. The summed E-state index contributed by atoms with van der Waals surface area (Å²) in [5.41, 5.74) is 3.56. The van der Waals surface area contributed by atoms with Crippen molar-refractivity contribution in [3.05, 3.63) is 66.4 Å². The molecule has 0 bridgehead atoms. The molecule has 0 spiro atoms. The number of halogens is 3. The summed E-state index contributed by atoms with van der Waals surface area (Å²) in [4.78, 5) is 24.7. The number of ether oxygens (including phenoxy) is 1. The molecule has 2 saturated heterocycles. The van der Waals surface area contributed by atoms with Crippen molar-refractivity contribution in [3.63, 3.8) is 0 Å². The van der Waals surface area contributed by atoms with Crippen LogP contribution >= 0.6 is 0 Å². The Morgan fingerprint density at radius 2 is 1.69 bits per heavy atom. The number of likely N-dealkylation sites (tertiary alicyclic amines) is 1. The highest BCUT2D eigenvalue weighted by Gasteiger charge is 2.47. The van der Waals surface area contributed by atoms with Crippen molar-refractivity contribution >= 4 is 23.2 Å². The molecule has 36 heavy (non-hydrogen) atoms. The standard InChI is InChI=1S/C26H26F3N5O2/c27-26(28,29)23-2-1-13-34(23)24(35)19-5-3-18(4-6-19)22-11-12-30-25(32-22)31-20-7-9-21(10-8-20)33-14-16-36-17-15-33/h3-12,23H,1-2,13-17H2,(H,30,31,32)/t23-/m0/s1. The lowest BCUT2D eigenvalue weighted by Crippen LogP contribution is -2.44. The minimum atomic E-state index is -4.42. The number of carbonyl (C=O) groups excluding carboxylic acids is 1. The van der Waals surface area contributed by atoms with Crippen LogP contribution in [0.25, 0.3) is 11.3 Å². The first-order chi connectivity index (χ1) is 17.4. The van der Waals surface area contributed by atoms with Crippen molar-refractivity contribution in [2.45, 2.75) is 25.1 Å². The van der Waals surface area contributed by atoms with Crippen molar-refractivity contribution < 1.29 is 22.7 Å². The smallest absolute Gasteiger partial charge is 0.378 e. The Morgan fingerprint density at radius 1 is 0.972 bits per heavy atom. The molecule has 3 aromatic rings. The first-order valence-electron chi connectivity index (χ1n) is 11.9. The Labute approximate surface area is 206 Å². The van der Waals surface area contributed by atoms with Crippen LogP contribution in [0.2, 0.25) is 0 Å². The molecule has 2 aliphatic heterocycles. The number of nitrogens with one attached hydrogen (secondary N) is 1. The molecule has 3 heterocycles. The first-order valence-corrected chi connectivity index (χ1v) is 11.9. The Bertz CT molecular complexity index is 1200. The molecule has 188 valence electrons. The van der Waals surface area contributed by atoms with Gasteiger partial charge in [0.05, 0.1) is 18.9 Å². The second-order valence-electron chi connectivity index (χ2n) is 8.81. The average molecular weight is 498 g/mol. The Hall–Kier alpha value is -3.66. The van der Waals surface area contributed by atoms with Gasteiger partial charge in [0.2, 0.25) is 5.95 Å². The number of nitrogens with zero attached hydrogens (tertiary/aromatic N) is 4. The zero-order valence-electron chi connectivity index (χ0n) is 19.5. The van der Waals surface area contributed by atoms with Crippen LogP contribution in [0.3, 0.4) is 0 Å². The molecule has 1 aromatic heterocycles. The summed E-state index contributed by atoms with van der Waals surface area (Å²) in [6, 6.07) is 14.5. The van der Waals surface area contributed by atoms with Crippen LogP contribution in [-0.4, -0.2) is 65.8 Å². The monoisotopic (exact) mass is 497 g/mol. The van der Waals surface area contributed by atoms with E-state index < -0.39 is 18.1 Å². The van der Waals surface area contributed by atoms with Crippen LogP contribution < -0.4 is 10.2 Å². The van der Waals surface area contributed by atoms with Gasteiger partial charge in [0, 0.05) is 48.3 Å². The zero-order chi connectivity index (χ0) is 25.1. The number of alkyl halides is 3. The van der Waals surface area contributed by atoms with E-state index >= 15 is 0 Å². The predicted octanol–water partition coefficient (Wildman–Crippen LogP) is 4.89. The topological polar surface area (TPSA) is 70.6 Å². The predicted molar refractivity (Wildman–Crippen MR) is 130 cm³/mol. The molecule has 0 aliphatic carbocycles. The Kier molecular flexibility index (Phi) is 6.77. The number of anilines is 3. The van der Waals surface area contributed by atoms with Crippen molar-refractivity contribution in [2.75, 3.05) is 43.1 Å². The number of carbonyl (C=O) groups is 1. The molecular weight excluding hydrogens is 471 g/mol. The number of morpholine rings is 1. The molecule has 1 atom stereocenters. The molecule has 2 aromatic carbocycles. The van der Waals surface area contributed by atoms with Gasteiger partial charge in [-0.1, -0.05) is 12.1 Å². The minimum Gasteiger partial charge on any atom is -0.378 e. The summed E-state index contributed by atoms with van der Waals surface area (Å²) in [5, 5.41) is 3.20. The maximum absolute atomic E-state index is 13.3. The number of rotatable bonds is 5. The maximum atomic E-state index is 13.3. The van der Waals surface area contributed by atoms with E-state index in [-0.39, 0.29) is 18.5 Å². The summed E-state index contributed by atoms with van der Waals surface area (Å²) < 4.78 is 45.2. The van der Waals surface area contributed by atoms with Gasteiger partial charge in [-0.15, -0.1) is 0 Å². The fourth-order valence-electron chi connectivity index (χ4n) is 4.59. The molecule has 0 radical (unpaired) electrons. The molecule has 7 nitrogen and oxygen atoms in total. The molecule has 0 saturated carbocycles. The summed E-state index contributed by atoms with van der Waals surface area (Å²) in [6.45, 7) is 3.29. The molecule has 5 rings (SSSR count). The maximum Gasteiger partial charge on any atom is 0.408 e. The largest absolute Gasteiger partial charge is 0.408 e. The van der Waals surface area contributed by atoms with Gasteiger partial charge < -0.3 is 19.9 Å². The third kappa shape index (κ3) is 5.28. The van der Waals surface area contributed by atoms with Gasteiger partial charge in [0.15, 0.2) is 0 Å². The third-order valence-corrected chi connectivity index (χ3v) is 6.47. The molecule has 2 aliphatic rings. The van der Waals surface area contributed by atoms with Gasteiger partial charge >= 0.3 is 6.18 Å². The van der Waals surface area contributed by atoms with E-state index in [4.69, 9.17) is 4.74 Å². The fraction of sp³-hybridized carbons (Fsp3) is 0.346. The van der Waals surface area contributed by atoms with E-state index in [1.54, 1.807) is 36.5 Å². The second kappa shape index (κ2) is 10.1. The fourth-order valence-corrected chi connectivity index (χ4v) is 4.59. The highest BCUT2D eigenvalue weighted by atomic mass is 19.4. The summed E-state index contributed by atoms with van der Waals surface area (Å²) in [6.07, 6.45) is -2.50. The van der Waals surface area contributed by atoms with E-state index in [2.05, 4.69) is 20.2 Å². The molecular formula is C26H26F3N5O2. The lowest BCUT2D eigenvalue weighted by Gasteiger charge is -2.28. The lowest BCUT2D eigenvalue weighted by atomic mass is 10.1. The van der Waals surface area contributed by atoms with E-state index in [0.29, 0.717) is 18.1 Å². The molecule has 2 fully saturated rings. The van der Waals surface area contributed by atoms with E-state index in [1.807, 2.05) is 24.3 Å². The van der Waals surface area contributed by atoms with Gasteiger partial charge in [-0.2, -0.15) is 13.2 Å². The summed E-state index contributed by atoms with van der Waals surface area (Å²) in [5.74, 6) is -0.191. The van der Waals surface area contributed by atoms with E-state index in [9.17, 15) is 18.0 Å². The van der Waals surface area contributed by atoms with Gasteiger partial charge in [0.1, 0.15) is 6.04 Å². The zero-order valence-corrected chi connectivity index (χ0v) is 19.5. The molecule has 0 unspecified atom stereocenters. The quantitative estimate of drug-likeness (QED) is 0.541. The summed E-state index contributed by atoms with van der Waals surface area (Å²) >= 11 is 0. The van der Waals surface area contributed by atoms with Crippen LogP contribution in [-0.2, 0) is 4.74 Å². The van der Waals surface area contributed by atoms with E-state index in [1.165, 1.54) is 0 Å². The van der Waals surface area contributed by atoms with Crippen molar-refractivity contribution in [1.29, 1.82) is 0 Å². The number of aromatic nitrogens is 2. The van der Waals surface area contributed by atoms with Crippen LogP contribution in [0.1, 0.15) is 23.2 Å². The van der Waals surface area contributed by atoms with Gasteiger partial charge in [-0.25, -0.2) is 9.97 Å². The van der Waals surface area contributed by atoms with Crippen LogP contribution in [0.15, 0.2) is 60.8 Å². The SMILES string of the molecule is O=C(c1ccc(-c2ccnc(Nc3ccc(N4CCOCC4)cc3)n2)cc1)N1CCC[C@H]1C(F)(F)F. The lowest BCUT2D eigenvalue weighted by molar-refractivity contribution is -0.169. The number of benzene rings is 2. The van der Waals surface area contributed by atoms with Crippen molar-refractivity contribution in [2.24, 2.45) is 0 Å². The second-order valence-corrected chi connectivity index (χ2v) is 8.81. The third-order valence-electron chi connectivity index (χ3n) is 6.47. The Balaban J connectivity index is 1.26. The molecule has 10 heteroatoms. The molecule has 1 amide bonds. The van der Waals surface area contributed by atoms with Crippen LogP contribution in [0.5, 0.6) is 0 Å². The van der Waals surface area contributed by atoms with E-state index in [0.717, 1.165) is 48.1 Å². The number of hydrogen-bond donors (Lipinski definition) is 1. The highest BCUT2D eigenvalue weighted by molar-refractivity contribution is 5.95. The van der Waals surface area contributed by atoms with Crippen molar-refractivity contribution in [1.82, 2.24) is 14.9 Å². The molecule has 1 N–H and O–H groups in total. The summed E-state index contributed by atoms with van der Waals surface area (Å²) in [7, 11) is 0. The van der Waals surface area contributed by atoms with Crippen LogP contribution in [0, 0.1) is 0 Å². The van der Waals surface area contributed by atoms with Gasteiger partial charge in [0.25, 0.3) is 5.91 Å². The van der Waals surface area contributed by atoms with Gasteiger partial charge in [-0.3, -0.25) is 4.79 Å².